The van der Waals surface area contributed by atoms with Crippen molar-refractivity contribution in [2.45, 2.75) is 26.2 Å². The van der Waals surface area contributed by atoms with Crippen molar-refractivity contribution in [3.63, 3.8) is 0 Å². The molecule has 2 amide bonds. The summed E-state index contributed by atoms with van der Waals surface area (Å²) < 4.78 is 5.27. The molecule has 2 rings (SSSR count). The van der Waals surface area contributed by atoms with Crippen LogP contribution in [0.15, 0.2) is 24.3 Å². The van der Waals surface area contributed by atoms with Crippen LogP contribution >= 0.6 is 0 Å². The summed E-state index contributed by atoms with van der Waals surface area (Å²) in [4.78, 5) is 23.3. The SMILES string of the molecule is COc1ccccc1CCNC(=O)CCNC(=O)[C@H]1C[C@@H]1C. The summed E-state index contributed by atoms with van der Waals surface area (Å²) in [6.07, 6.45) is 2.01. The highest BCUT2D eigenvalue weighted by Gasteiger charge is 2.38. The molecule has 1 fully saturated rings. The number of ether oxygens (including phenoxy) is 1. The maximum Gasteiger partial charge on any atom is 0.223 e. The van der Waals surface area contributed by atoms with Gasteiger partial charge in [0.1, 0.15) is 5.75 Å². The first kappa shape index (κ1) is 16.3. The first-order valence-electron chi connectivity index (χ1n) is 7.78. The Labute approximate surface area is 131 Å². The summed E-state index contributed by atoms with van der Waals surface area (Å²) in [5.74, 6) is 1.53. The minimum absolute atomic E-state index is 0.0426. The van der Waals surface area contributed by atoms with E-state index in [1.165, 1.54) is 0 Å². The Morgan fingerprint density at radius 3 is 2.64 bits per heavy atom. The maximum atomic E-state index is 11.7. The smallest absolute Gasteiger partial charge is 0.223 e. The Hall–Kier alpha value is -2.04. The molecule has 0 bridgehead atoms. The lowest BCUT2D eigenvalue weighted by Crippen LogP contribution is -2.32. The van der Waals surface area contributed by atoms with E-state index in [0.29, 0.717) is 25.4 Å². The van der Waals surface area contributed by atoms with Gasteiger partial charge in [0, 0.05) is 25.4 Å². The van der Waals surface area contributed by atoms with E-state index in [1.54, 1.807) is 7.11 Å². The van der Waals surface area contributed by atoms with E-state index in [2.05, 4.69) is 17.6 Å². The first-order valence-corrected chi connectivity index (χ1v) is 7.78. The molecule has 0 aromatic heterocycles. The summed E-state index contributed by atoms with van der Waals surface area (Å²) in [5.41, 5.74) is 1.07. The fourth-order valence-electron chi connectivity index (χ4n) is 2.45. The summed E-state index contributed by atoms with van der Waals surface area (Å²) in [6, 6.07) is 7.77. The second-order valence-electron chi connectivity index (χ2n) is 5.77. The Morgan fingerprint density at radius 1 is 1.23 bits per heavy atom. The molecule has 5 nitrogen and oxygen atoms in total. The van der Waals surface area contributed by atoms with Crippen LogP contribution in [0.2, 0.25) is 0 Å². The number of amides is 2. The lowest BCUT2D eigenvalue weighted by Gasteiger charge is -2.09. The van der Waals surface area contributed by atoms with Gasteiger partial charge < -0.3 is 15.4 Å². The lowest BCUT2D eigenvalue weighted by atomic mass is 10.1. The van der Waals surface area contributed by atoms with Crippen LogP contribution in [0.25, 0.3) is 0 Å². The van der Waals surface area contributed by atoms with E-state index < -0.39 is 0 Å². The van der Waals surface area contributed by atoms with Crippen molar-refractivity contribution in [3.05, 3.63) is 29.8 Å². The van der Waals surface area contributed by atoms with Crippen LogP contribution < -0.4 is 15.4 Å². The molecule has 0 spiro atoms. The predicted octanol–water partition coefficient (Wildman–Crippen LogP) is 1.52. The summed E-state index contributed by atoms with van der Waals surface area (Å²) in [5, 5.41) is 5.68. The number of nitrogens with one attached hydrogen (secondary N) is 2. The highest BCUT2D eigenvalue weighted by atomic mass is 16.5. The van der Waals surface area contributed by atoms with E-state index in [0.717, 1.165) is 24.2 Å². The van der Waals surface area contributed by atoms with Gasteiger partial charge in [0.2, 0.25) is 11.8 Å². The van der Waals surface area contributed by atoms with Gasteiger partial charge >= 0.3 is 0 Å². The number of rotatable bonds is 8. The van der Waals surface area contributed by atoms with E-state index in [-0.39, 0.29) is 17.7 Å². The number of carbonyl (C=O) groups excluding carboxylic acids is 2. The van der Waals surface area contributed by atoms with Gasteiger partial charge in [-0.25, -0.2) is 0 Å². The topological polar surface area (TPSA) is 67.4 Å². The van der Waals surface area contributed by atoms with Crippen molar-refractivity contribution in [2.75, 3.05) is 20.2 Å². The first-order chi connectivity index (χ1) is 10.6. The van der Waals surface area contributed by atoms with E-state index >= 15 is 0 Å². The molecule has 1 saturated carbocycles. The zero-order valence-electron chi connectivity index (χ0n) is 13.2. The maximum absolute atomic E-state index is 11.7. The Balaban J connectivity index is 1.60. The van der Waals surface area contributed by atoms with Gasteiger partial charge in [-0.15, -0.1) is 0 Å². The molecule has 1 aliphatic rings. The number of benzene rings is 1. The molecule has 0 unspecified atom stereocenters. The molecule has 0 saturated heterocycles. The monoisotopic (exact) mass is 304 g/mol. The number of hydrogen-bond donors (Lipinski definition) is 2. The van der Waals surface area contributed by atoms with Crippen LogP contribution in [-0.2, 0) is 16.0 Å². The normalized spacial score (nSPS) is 19.4. The quantitative estimate of drug-likeness (QED) is 0.765. The molecule has 0 radical (unpaired) electrons. The van der Waals surface area contributed by atoms with Crippen molar-refractivity contribution >= 4 is 11.8 Å². The average Bonchev–Trinajstić information content (AvgIpc) is 3.24. The number of para-hydroxylation sites is 1. The summed E-state index contributed by atoms with van der Waals surface area (Å²) >= 11 is 0. The van der Waals surface area contributed by atoms with Crippen molar-refractivity contribution in [1.29, 1.82) is 0 Å². The zero-order valence-corrected chi connectivity index (χ0v) is 13.2. The summed E-state index contributed by atoms with van der Waals surface area (Å²) in [6.45, 7) is 3.03. The van der Waals surface area contributed by atoms with Crippen molar-refractivity contribution in [1.82, 2.24) is 10.6 Å². The van der Waals surface area contributed by atoms with Gasteiger partial charge in [-0.2, -0.15) is 0 Å². The van der Waals surface area contributed by atoms with Gasteiger partial charge in [0.25, 0.3) is 0 Å². The van der Waals surface area contributed by atoms with Gasteiger partial charge in [0.05, 0.1) is 7.11 Å². The Kier molecular flexibility index (Phi) is 5.81. The van der Waals surface area contributed by atoms with E-state index in [1.807, 2.05) is 24.3 Å². The molecule has 1 aliphatic carbocycles. The van der Waals surface area contributed by atoms with Crippen LogP contribution in [0, 0.1) is 11.8 Å². The zero-order chi connectivity index (χ0) is 15.9. The van der Waals surface area contributed by atoms with E-state index in [4.69, 9.17) is 4.74 Å². The molecule has 2 atom stereocenters. The standard InChI is InChI=1S/C17H24N2O3/c1-12-11-14(12)17(21)19-10-8-16(20)18-9-7-13-5-3-4-6-15(13)22-2/h3-6,12,14H,7-11H2,1-2H3,(H,18,20)(H,19,21)/t12-,14-/m0/s1. The molecule has 120 valence electrons. The van der Waals surface area contributed by atoms with Crippen molar-refractivity contribution in [3.8, 4) is 5.75 Å². The molecule has 2 N–H and O–H groups in total. The Morgan fingerprint density at radius 2 is 1.95 bits per heavy atom. The highest BCUT2D eigenvalue weighted by Crippen LogP contribution is 2.37. The molecule has 0 aliphatic heterocycles. The van der Waals surface area contributed by atoms with Crippen LogP contribution in [0.3, 0.4) is 0 Å². The minimum atomic E-state index is -0.0426. The largest absolute Gasteiger partial charge is 0.496 e. The third kappa shape index (κ3) is 4.76. The third-order valence-electron chi connectivity index (χ3n) is 4.01. The lowest BCUT2D eigenvalue weighted by molar-refractivity contribution is -0.123. The van der Waals surface area contributed by atoms with Gasteiger partial charge in [-0.05, 0) is 30.4 Å². The fourth-order valence-corrected chi connectivity index (χ4v) is 2.45. The number of methoxy groups -OCH3 is 1. The van der Waals surface area contributed by atoms with Crippen LogP contribution in [0.5, 0.6) is 5.75 Å². The van der Waals surface area contributed by atoms with Crippen LogP contribution in [0.1, 0.15) is 25.3 Å². The van der Waals surface area contributed by atoms with Crippen LogP contribution in [-0.4, -0.2) is 32.0 Å². The molecule has 1 aromatic rings. The van der Waals surface area contributed by atoms with Gasteiger partial charge in [0.15, 0.2) is 0 Å². The molecule has 5 heteroatoms. The molecule has 1 aromatic carbocycles. The molecule has 0 heterocycles. The third-order valence-corrected chi connectivity index (χ3v) is 4.01. The van der Waals surface area contributed by atoms with Gasteiger partial charge in [-0.1, -0.05) is 25.1 Å². The van der Waals surface area contributed by atoms with E-state index in [9.17, 15) is 9.59 Å². The van der Waals surface area contributed by atoms with Crippen LogP contribution in [0.4, 0.5) is 0 Å². The average molecular weight is 304 g/mol. The highest BCUT2D eigenvalue weighted by molar-refractivity contribution is 5.82. The molecular weight excluding hydrogens is 280 g/mol. The second-order valence-corrected chi connectivity index (χ2v) is 5.77. The fraction of sp³-hybridized carbons (Fsp3) is 0.529. The molecule has 22 heavy (non-hydrogen) atoms. The van der Waals surface area contributed by atoms with Gasteiger partial charge in [-0.3, -0.25) is 9.59 Å². The number of carbonyl (C=O) groups is 2. The molecular formula is C17H24N2O3. The minimum Gasteiger partial charge on any atom is -0.496 e. The van der Waals surface area contributed by atoms with Crippen molar-refractivity contribution in [2.24, 2.45) is 11.8 Å². The summed E-state index contributed by atoms with van der Waals surface area (Å²) in [7, 11) is 1.64. The van der Waals surface area contributed by atoms with Crippen molar-refractivity contribution < 1.29 is 14.3 Å². The number of hydrogen-bond acceptors (Lipinski definition) is 3. The second kappa shape index (κ2) is 7.82. The Bertz CT molecular complexity index is 530. The predicted molar refractivity (Wildman–Crippen MR) is 84.6 cm³/mol.